The number of nitrogens with zero attached hydrogens (tertiary/aromatic N) is 1. The molecule has 2 aromatic rings. The number of nitrogens with one attached hydrogen (secondary N) is 1. The van der Waals surface area contributed by atoms with Crippen LogP contribution in [-0.2, 0) is 9.53 Å². The van der Waals surface area contributed by atoms with E-state index in [0.717, 1.165) is 11.8 Å². The van der Waals surface area contributed by atoms with Gasteiger partial charge in [0.05, 0.1) is 27.8 Å². The van der Waals surface area contributed by atoms with Crippen LogP contribution in [-0.4, -0.2) is 30.4 Å². The fraction of sp³-hybridized carbons (Fsp3) is 0.150. The van der Waals surface area contributed by atoms with Crippen LogP contribution in [0.1, 0.15) is 22.8 Å². The maximum absolute atomic E-state index is 12.9. The SMILES string of the molecule is CCOC(=O)c1ccc(N2C(=N)S/C(=C\c3cc4c(cc3Cl)OCO4)C2=O)cc1. The minimum atomic E-state index is -0.436. The van der Waals surface area contributed by atoms with Gasteiger partial charge in [0, 0.05) is 6.07 Å². The third kappa shape index (κ3) is 3.68. The molecule has 2 aromatic carbocycles. The summed E-state index contributed by atoms with van der Waals surface area (Å²) in [4.78, 5) is 26.3. The first kappa shape index (κ1) is 19.4. The van der Waals surface area contributed by atoms with E-state index in [1.165, 1.54) is 4.90 Å². The molecule has 0 radical (unpaired) electrons. The van der Waals surface area contributed by atoms with Crippen molar-refractivity contribution in [2.45, 2.75) is 6.92 Å². The van der Waals surface area contributed by atoms with Crippen molar-refractivity contribution in [3.63, 3.8) is 0 Å². The lowest BCUT2D eigenvalue weighted by atomic mass is 10.1. The van der Waals surface area contributed by atoms with Crippen LogP contribution in [0.25, 0.3) is 6.08 Å². The number of carbonyl (C=O) groups excluding carboxylic acids is 2. The zero-order valence-electron chi connectivity index (χ0n) is 15.2. The molecule has 2 aliphatic heterocycles. The summed E-state index contributed by atoms with van der Waals surface area (Å²) in [5.74, 6) is 0.323. The van der Waals surface area contributed by atoms with Crippen molar-refractivity contribution < 1.29 is 23.8 Å². The van der Waals surface area contributed by atoms with Crippen molar-refractivity contribution in [1.82, 2.24) is 0 Å². The zero-order valence-corrected chi connectivity index (χ0v) is 16.8. The molecule has 29 heavy (non-hydrogen) atoms. The summed E-state index contributed by atoms with van der Waals surface area (Å²) in [7, 11) is 0. The van der Waals surface area contributed by atoms with Crippen molar-refractivity contribution in [3.8, 4) is 11.5 Å². The molecule has 148 valence electrons. The maximum atomic E-state index is 12.9. The molecule has 1 saturated heterocycles. The second kappa shape index (κ2) is 7.81. The summed E-state index contributed by atoms with van der Waals surface area (Å²) >= 11 is 7.32. The number of thioether (sulfide) groups is 1. The molecule has 1 N–H and O–H groups in total. The summed E-state index contributed by atoms with van der Waals surface area (Å²) in [6.45, 7) is 2.14. The van der Waals surface area contributed by atoms with Gasteiger partial charge < -0.3 is 14.2 Å². The van der Waals surface area contributed by atoms with Crippen LogP contribution in [0, 0.1) is 5.41 Å². The first-order valence-electron chi connectivity index (χ1n) is 8.67. The Balaban J connectivity index is 1.59. The first-order chi connectivity index (χ1) is 14.0. The molecule has 1 amide bonds. The van der Waals surface area contributed by atoms with Crippen molar-refractivity contribution in [2.75, 3.05) is 18.3 Å². The van der Waals surface area contributed by atoms with Crippen molar-refractivity contribution in [3.05, 3.63) is 57.5 Å². The summed E-state index contributed by atoms with van der Waals surface area (Å²) in [6, 6.07) is 9.68. The molecule has 4 rings (SSSR count). The van der Waals surface area contributed by atoms with Gasteiger partial charge >= 0.3 is 5.97 Å². The molecule has 1 fully saturated rings. The summed E-state index contributed by atoms with van der Waals surface area (Å²) in [5.41, 5.74) is 1.46. The Hall–Kier alpha value is -2.97. The normalized spacial score (nSPS) is 16.6. The van der Waals surface area contributed by atoms with E-state index in [0.29, 0.717) is 38.2 Å². The second-order valence-electron chi connectivity index (χ2n) is 6.05. The van der Waals surface area contributed by atoms with Crippen LogP contribution in [0.4, 0.5) is 5.69 Å². The number of carbonyl (C=O) groups is 2. The first-order valence-corrected chi connectivity index (χ1v) is 9.86. The molecule has 2 aliphatic rings. The molecule has 0 aromatic heterocycles. The quantitative estimate of drug-likeness (QED) is 0.574. The van der Waals surface area contributed by atoms with E-state index in [4.69, 9.17) is 31.2 Å². The van der Waals surface area contributed by atoms with Gasteiger partial charge in [0.2, 0.25) is 6.79 Å². The monoisotopic (exact) mass is 430 g/mol. The Bertz CT molecular complexity index is 1050. The molecule has 0 unspecified atom stereocenters. The number of benzene rings is 2. The van der Waals surface area contributed by atoms with E-state index in [1.54, 1.807) is 49.4 Å². The fourth-order valence-electron chi connectivity index (χ4n) is 2.87. The summed E-state index contributed by atoms with van der Waals surface area (Å²) in [5, 5.41) is 8.68. The van der Waals surface area contributed by atoms with Crippen LogP contribution >= 0.6 is 23.4 Å². The van der Waals surface area contributed by atoms with E-state index >= 15 is 0 Å². The molecule has 0 spiro atoms. The Morgan fingerprint density at radius 2 is 1.97 bits per heavy atom. The zero-order chi connectivity index (χ0) is 20.5. The molecule has 0 atom stereocenters. The number of amidine groups is 1. The summed E-state index contributed by atoms with van der Waals surface area (Å²) < 4.78 is 15.6. The van der Waals surface area contributed by atoms with Gasteiger partial charge in [0.1, 0.15) is 0 Å². The Morgan fingerprint density at radius 1 is 1.28 bits per heavy atom. The van der Waals surface area contributed by atoms with Crippen LogP contribution in [0.15, 0.2) is 41.3 Å². The average molecular weight is 431 g/mol. The Kier molecular flexibility index (Phi) is 5.21. The van der Waals surface area contributed by atoms with Gasteiger partial charge in [0.25, 0.3) is 5.91 Å². The van der Waals surface area contributed by atoms with Gasteiger partial charge in [-0.05, 0) is 60.7 Å². The van der Waals surface area contributed by atoms with Crippen molar-refractivity contribution >= 4 is 52.2 Å². The number of anilines is 1. The molecule has 0 bridgehead atoms. The molecular weight excluding hydrogens is 416 g/mol. The largest absolute Gasteiger partial charge is 0.462 e. The Morgan fingerprint density at radius 3 is 2.66 bits per heavy atom. The number of esters is 1. The lowest BCUT2D eigenvalue weighted by Gasteiger charge is -2.14. The molecule has 9 heteroatoms. The maximum Gasteiger partial charge on any atom is 0.338 e. The summed E-state index contributed by atoms with van der Waals surface area (Å²) in [6.07, 6.45) is 1.62. The third-order valence-electron chi connectivity index (χ3n) is 4.24. The highest BCUT2D eigenvalue weighted by Gasteiger charge is 2.34. The van der Waals surface area contributed by atoms with E-state index in [-0.39, 0.29) is 24.5 Å². The van der Waals surface area contributed by atoms with Crippen LogP contribution in [0.3, 0.4) is 0 Å². The highest BCUT2D eigenvalue weighted by molar-refractivity contribution is 8.19. The topological polar surface area (TPSA) is 88.9 Å². The number of amides is 1. The number of rotatable bonds is 4. The lowest BCUT2D eigenvalue weighted by Crippen LogP contribution is -2.28. The number of hydrogen-bond acceptors (Lipinski definition) is 7. The van der Waals surface area contributed by atoms with Crippen LogP contribution in [0.5, 0.6) is 11.5 Å². The number of hydrogen-bond donors (Lipinski definition) is 1. The predicted molar refractivity (Wildman–Crippen MR) is 111 cm³/mol. The minimum absolute atomic E-state index is 0.0574. The van der Waals surface area contributed by atoms with Gasteiger partial charge in [-0.15, -0.1) is 0 Å². The van der Waals surface area contributed by atoms with Gasteiger partial charge in [-0.3, -0.25) is 15.1 Å². The fourth-order valence-corrected chi connectivity index (χ4v) is 3.93. The molecule has 0 aliphatic carbocycles. The molecular formula is C20H15ClN2O5S. The lowest BCUT2D eigenvalue weighted by molar-refractivity contribution is -0.113. The number of halogens is 1. The molecule has 0 saturated carbocycles. The second-order valence-corrected chi connectivity index (χ2v) is 7.49. The molecule has 2 heterocycles. The van der Waals surface area contributed by atoms with E-state index < -0.39 is 5.97 Å². The standard InChI is InChI=1S/C20H15ClN2O5S/c1-2-26-19(25)11-3-5-13(6-4-11)23-18(24)17(29-20(23)22)8-12-7-15-16(9-14(12)21)28-10-27-15/h3-9,22H,2,10H2,1H3/b17-8-,22-20?. The van der Waals surface area contributed by atoms with Gasteiger partial charge in [0.15, 0.2) is 16.7 Å². The van der Waals surface area contributed by atoms with E-state index in [2.05, 4.69) is 0 Å². The van der Waals surface area contributed by atoms with Crippen LogP contribution in [0.2, 0.25) is 5.02 Å². The average Bonchev–Trinajstić information content (AvgIpc) is 3.26. The smallest absolute Gasteiger partial charge is 0.338 e. The molecule has 7 nitrogen and oxygen atoms in total. The Labute approximate surface area is 175 Å². The highest BCUT2D eigenvalue weighted by Crippen LogP contribution is 2.40. The van der Waals surface area contributed by atoms with E-state index in [9.17, 15) is 9.59 Å². The van der Waals surface area contributed by atoms with Gasteiger partial charge in [-0.1, -0.05) is 11.6 Å². The van der Waals surface area contributed by atoms with Crippen molar-refractivity contribution in [1.29, 1.82) is 5.41 Å². The van der Waals surface area contributed by atoms with Gasteiger partial charge in [-0.2, -0.15) is 0 Å². The number of fused-ring (bicyclic) bond motifs is 1. The highest BCUT2D eigenvalue weighted by atomic mass is 35.5. The van der Waals surface area contributed by atoms with Crippen LogP contribution < -0.4 is 14.4 Å². The number of ether oxygens (including phenoxy) is 3. The van der Waals surface area contributed by atoms with Gasteiger partial charge in [-0.25, -0.2) is 4.79 Å². The van der Waals surface area contributed by atoms with E-state index in [1.807, 2.05) is 0 Å². The third-order valence-corrected chi connectivity index (χ3v) is 5.45. The predicted octanol–water partition coefficient (Wildman–Crippen LogP) is 4.30. The van der Waals surface area contributed by atoms with Crippen molar-refractivity contribution in [2.24, 2.45) is 0 Å². The minimum Gasteiger partial charge on any atom is -0.462 e.